The van der Waals surface area contributed by atoms with Gasteiger partial charge in [-0.3, -0.25) is 0 Å². The molecule has 2 rings (SSSR count). The zero-order chi connectivity index (χ0) is 14.5. The number of hydrogen-bond donors (Lipinski definition) is 1. The first kappa shape index (κ1) is 14.5. The first-order valence-corrected chi connectivity index (χ1v) is 6.46. The average molecular weight is 277 g/mol. The third-order valence-electron chi connectivity index (χ3n) is 3.02. The largest absolute Gasteiger partial charge is 0.489 e. The standard InChI is InChI=1S/C16H17F2NO/c1-11-2-5-16(12(8-11)6-7-19)20-10-13-9-14(17)3-4-15(13)18/h2-5,8-9H,6-7,10,19H2,1H3. The van der Waals surface area contributed by atoms with Crippen LogP contribution in [-0.4, -0.2) is 6.54 Å². The zero-order valence-corrected chi connectivity index (χ0v) is 11.3. The van der Waals surface area contributed by atoms with Gasteiger partial charge in [-0.25, -0.2) is 8.78 Å². The van der Waals surface area contributed by atoms with Crippen molar-refractivity contribution in [3.05, 3.63) is 64.7 Å². The van der Waals surface area contributed by atoms with Crippen molar-refractivity contribution in [1.82, 2.24) is 0 Å². The maximum atomic E-state index is 13.5. The summed E-state index contributed by atoms with van der Waals surface area (Å²) in [6.45, 7) is 2.48. The Hall–Kier alpha value is -1.94. The van der Waals surface area contributed by atoms with Gasteiger partial charge < -0.3 is 10.5 Å². The normalized spacial score (nSPS) is 10.6. The van der Waals surface area contributed by atoms with E-state index in [1.165, 1.54) is 0 Å². The van der Waals surface area contributed by atoms with Gasteiger partial charge in [0.25, 0.3) is 0 Å². The van der Waals surface area contributed by atoms with Crippen LogP contribution in [-0.2, 0) is 13.0 Å². The number of hydrogen-bond acceptors (Lipinski definition) is 2. The van der Waals surface area contributed by atoms with Gasteiger partial charge in [-0.2, -0.15) is 0 Å². The molecule has 0 bridgehead atoms. The topological polar surface area (TPSA) is 35.2 Å². The highest BCUT2D eigenvalue weighted by Gasteiger charge is 2.08. The second-order valence-corrected chi connectivity index (χ2v) is 4.67. The molecule has 0 unspecified atom stereocenters. The minimum atomic E-state index is -0.476. The molecular weight excluding hydrogens is 260 g/mol. The Labute approximate surface area is 117 Å². The Morgan fingerprint density at radius 2 is 1.85 bits per heavy atom. The summed E-state index contributed by atoms with van der Waals surface area (Å²) in [6.07, 6.45) is 0.683. The smallest absolute Gasteiger partial charge is 0.130 e. The highest BCUT2D eigenvalue weighted by Crippen LogP contribution is 2.22. The van der Waals surface area contributed by atoms with Crippen molar-refractivity contribution in [2.24, 2.45) is 5.73 Å². The third kappa shape index (κ3) is 3.54. The van der Waals surface area contributed by atoms with Gasteiger partial charge in [-0.05, 0) is 49.7 Å². The van der Waals surface area contributed by atoms with E-state index >= 15 is 0 Å². The lowest BCUT2D eigenvalue weighted by Crippen LogP contribution is -2.06. The molecule has 0 aliphatic heterocycles. The third-order valence-corrected chi connectivity index (χ3v) is 3.02. The molecule has 0 fully saturated rings. The summed E-state index contributed by atoms with van der Waals surface area (Å²) in [4.78, 5) is 0. The molecule has 2 N–H and O–H groups in total. The van der Waals surface area contributed by atoms with E-state index in [1.807, 2.05) is 25.1 Å². The predicted molar refractivity (Wildman–Crippen MR) is 74.6 cm³/mol. The molecule has 0 aliphatic carbocycles. The van der Waals surface area contributed by atoms with Gasteiger partial charge in [-0.1, -0.05) is 17.7 Å². The van der Waals surface area contributed by atoms with Crippen LogP contribution in [0.25, 0.3) is 0 Å². The summed E-state index contributed by atoms with van der Waals surface area (Å²) in [5.41, 5.74) is 7.85. The van der Waals surface area contributed by atoms with Crippen LogP contribution in [0.4, 0.5) is 8.78 Å². The fourth-order valence-corrected chi connectivity index (χ4v) is 2.01. The number of ether oxygens (including phenoxy) is 1. The Balaban J connectivity index is 2.16. The molecule has 0 saturated heterocycles. The van der Waals surface area contributed by atoms with Crippen LogP contribution in [0, 0.1) is 18.6 Å². The van der Waals surface area contributed by atoms with E-state index in [9.17, 15) is 8.78 Å². The van der Waals surface area contributed by atoms with Crippen molar-refractivity contribution in [3.63, 3.8) is 0 Å². The summed E-state index contributed by atoms with van der Waals surface area (Å²) in [6, 6.07) is 9.07. The van der Waals surface area contributed by atoms with Crippen molar-refractivity contribution in [1.29, 1.82) is 0 Å². The molecular formula is C16H17F2NO. The minimum absolute atomic E-state index is 0.00970. The maximum absolute atomic E-state index is 13.5. The second kappa shape index (κ2) is 6.48. The van der Waals surface area contributed by atoms with Crippen LogP contribution in [0.15, 0.2) is 36.4 Å². The quantitative estimate of drug-likeness (QED) is 0.909. The Bertz CT molecular complexity index is 599. The number of nitrogens with two attached hydrogens (primary N) is 1. The lowest BCUT2D eigenvalue weighted by atomic mass is 10.1. The van der Waals surface area contributed by atoms with Gasteiger partial charge in [0.2, 0.25) is 0 Å². The van der Waals surface area contributed by atoms with E-state index in [1.54, 1.807) is 0 Å². The van der Waals surface area contributed by atoms with E-state index in [4.69, 9.17) is 10.5 Å². The lowest BCUT2D eigenvalue weighted by Gasteiger charge is -2.12. The first-order chi connectivity index (χ1) is 9.60. The van der Waals surface area contributed by atoms with Gasteiger partial charge in [0.1, 0.15) is 24.0 Å². The molecule has 0 aromatic heterocycles. The monoisotopic (exact) mass is 277 g/mol. The molecule has 0 heterocycles. The van der Waals surface area contributed by atoms with Crippen molar-refractivity contribution in [2.75, 3.05) is 6.54 Å². The molecule has 0 amide bonds. The highest BCUT2D eigenvalue weighted by atomic mass is 19.1. The van der Waals surface area contributed by atoms with Crippen molar-refractivity contribution in [2.45, 2.75) is 20.0 Å². The molecule has 0 radical (unpaired) electrons. The van der Waals surface area contributed by atoms with Gasteiger partial charge in [0.15, 0.2) is 0 Å². The molecule has 4 heteroatoms. The first-order valence-electron chi connectivity index (χ1n) is 6.46. The van der Waals surface area contributed by atoms with Crippen molar-refractivity contribution in [3.8, 4) is 5.75 Å². The fraction of sp³-hybridized carbons (Fsp3) is 0.250. The van der Waals surface area contributed by atoms with E-state index < -0.39 is 11.6 Å². The van der Waals surface area contributed by atoms with E-state index in [2.05, 4.69) is 0 Å². The SMILES string of the molecule is Cc1ccc(OCc2cc(F)ccc2F)c(CCN)c1. The van der Waals surface area contributed by atoms with Gasteiger partial charge in [-0.15, -0.1) is 0 Å². The van der Waals surface area contributed by atoms with Crippen molar-refractivity contribution < 1.29 is 13.5 Å². The number of halogens is 2. The van der Waals surface area contributed by atoms with E-state index in [-0.39, 0.29) is 12.2 Å². The van der Waals surface area contributed by atoms with Gasteiger partial charge >= 0.3 is 0 Å². The van der Waals surface area contributed by atoms with Crippen LogP contribution in [0.3, 0.4) is 0 Å². The number of aryl methyl sites for hydroxylation is 1. The van der Waals surface area contributed by atoms with Gasteiger partial charge in [0, 0.05) is 5.56 Å². The molecule has 0 saturated carbocycles. The molecule has 106 valence electrons. The summed E-state index contributed by atoms with van der Waals surface area (Å²) >= 11 is 0. The molecule has 0 spiro atoms. The molecule has 2 aromatic carbocycles. The lowest BCUT2D eigenvalue weighted by molar-refractivity contribution is 0.296. The summed E-state index contributed by atoms with van der Waals surface area (Å²) in [5.74, 6) is -0.292. The summed E-state index contributed by atoms with van der Waals surface area (Å²) in [7, 11) is 0. The van der Waals surface area contributed by atoms with Crippen LogP contribution in [0.1, 0.15) is 16.7 Å². The minimum Gasteiger partial charge on any atom is -0.489 e. The van der Waals surface area contributed by atoms with Gasteiger partial charge in [0.05, 0.1) is 0 Å². The number of rotatable bonds is 5. The van der Waals surface area contributed by atoms with Crippen molar-refractivity contribution >= 4 is 0 Å². The predicted octanol–water partition coefficient (Wildman–Crippen LogP) is 3.35. The molecule has 0 aliphatic rings. The summed E-state index contributed by atoms with van der Waals surface area (Å²) in [5, 5.41) is 0. The van der Waals surface area contributed by atoms with E-state index in [0.29, 0.717) is 18.7 Å². The van der Waals surface area contributed by atoms with Crippen LogP contribution < -0.4 is 10.5 Å². The Morgan fingerprint density at radius 3 is 2.60 bits per heavy atom. The average Bonchev–Trinajstić information content (AvgIpc) is 2.42. The highest BCUT2D eigenvalue weighted by molar-refractivity contribution is 5.37. The fourth-order valence-electron chi connectivity index (χ4n) is 2.01. The number of benzene rings is 2. The molecule has 2 aromatic rings. The molecule has 2 nitrogen and oxygen atoms in total. The molecule has 20 heavy (non-hydrogen) atoms. The summed E-state index contributed by atoms with van der Waals surface area (Å²) < 4.78 is 32.2. The van der Waals surface area contributed by atoms with Crippen LogP contribution >= 0.6 is 0 Å². The van der Waals surface area contributed by atoms with Crippen LogP contribution in [0.5, 0.6) is 5.75 Å². The maximum Gasteiger partial charge on any atom is 0.130 e. The van der Waals surface area contributed by atoms with E-state index in [0.717, 1.165) is 29.3 Å². The molecule has 0 atom stereocenters. The Morgan fingerprint density at radius 1 is 1.05 bits per heavy atom. The second-order valence-electron chi connectivity index (χ2n) is 4.67. The zero-order valence-electron chi connectivity index (χ0n) is 11.3. The van der Waals surface area contributed by atoms with Crippen LogP contribution in [0.2, 0.25) is 0 Å². The Kier molecular flexibility index (Phi) is 4.69.